The Kier molecular flexibility index (Phi) is 5.78. The smallest absolute Gasteiger partial charge is 0.143 e. The largest absolute Gasteiger partial charge is 0.456 e. The topological polar surface area (TPSA) is 29.5 Å². The molecule has 0 saturated heterocycles. The lowest BCUT2D eigenvalue weighted by atomic mass is 9.99. The summed E-state index contributed by atoms with van der Waals surface area (Å²) in [5, 5.41) is 6.87. The molecule has 2 aromatic heterocycles. The van der Waals surface area contributed by atoms with E-state index in [0.29, 0.717) is 0 Å². The lowest BCUT2D eigenvalue weighted by Gasteiger charge is -2.24. The van der Waals surface area contributed by atoms with E-state index in [9.17, 15) is 0 Å². The average Bonchev–Trinajstić information content (AvgIpc) is 3.54. The van der Waals surface area contributed by atoms with Gasteiger partial charge in [0, 0.05) is 50.3 Å². The number of rotatable bonds is 5. The number of para-hydroxylation sites is 2. The third-order valence-electron chi connectivity index (χ3n) is 7.68. The number of benzene rings is 5. The van der Waals surface area contributed by atoms with E-state index >= 15 is 0 Å². The van der Waals surface area contributed by atoms with Crippen LogP contribution in [0.2, 0.25) is 0 Å². The molecule has 0 N–H and O–H groups in total. The number of nitrogens with zero attached hydrogens (tertiary/aromatic N) is 1. The SMILES string of the molecule is C/C=C\C(=C(/C)N(/C=C/C)c1ccc2oc3ccccc3c2c1)c1cccc2c1oc1cc3ccccc3cc12. The van der Waals surface area contributed by atoms with Crippen molar-refractivity contribution in [3.8, 4) is 0 Å². The van der Waals surface area contributed by atoms with E-state index in [-0.39, 0.29) is 0 Å². The summed E-state index contributed by atoms with van der Waals surface area (Å²) in [7, 11) is 0. The molecule has 7 rings (SSSR count). The fraction of sp³-hybridized carbons (Fsp3) is 0.0811. The highest BCUT2D eigenvalue weighted by Crippen LogP contribution is 2.39. The summed E-state index contributed by atoms with van der Waals surface area (Å²) in [4.78, 5) is 2.24. The van der Waals surface area contributed by atoms with E-state index in [0.717, 1.165) is 66.4 Å². The van der Waals surface area contributed by atoms with Crippen LogP contribution in [0.1, 0.15) is 26.3 Å². The Morgan fingerprint density at radius 1 is 0.625 bits per heavy atom. The standard InChI is InChI=1S/C37H29NO2/c1-4-11-28(30-15-10-16-31-32-21-25-12-6-7-13-26(25)22-36(32)40-37(30)31)24(3)38(20-5-2)27-18-19-35-33(23-27)29-14-8-9-17-34(29)39-35/h4-23H,1-3H3/b11-4-,20-5+,28-24-. The van der Waals surface area contributed by atoms with Gasteiger partial charge in [0.25, 0.3) is 0 Å². The van der Waals surface area contributed by atoms with Crippen molar-refractivity contribution < 1.29 is 8.83 Å². The first kappa shape index (κ1) is 24.1. The van der Waals surface area contributed by atoms with Crippen LogP contribution in [0.25, 0.3) is 60.2 Å². The molecule has 0 saturated carbocycles. The molecule has 3 heteroatoms. The molecular formula is C37H29NO2. The highest BCUT2D eigenvalue weighted by molar-refractivity contribution is 6.13. The maximum atomic E-state index is 6.59. The van der Waals surface area contributed by atoms with Crippen LogP contribution < -0.4 is 4.90 Å². The van der Waals surface area contributed by atoms with Gasteiger partial charge in [0.15, 0.2) is 0 Å². The Balaban J connectivity index is 1.44. The van der Waals surface area contributed by atoms with Gasteiger partial charge >= 0.3 is 0 Å². The van der Waals surface area contributed by atoms with Crippen LogP contribution in [0.15, 0.2) is 136 Å². The minimum atomic E-state index is 0.889. The van der Waals surface area contributed by atoms with Crippen molar-refractivity contribution in [1.82, 2.24) is 0 Å². The first-order valence-electron chi connectivity index (χ1n) is 13.7. The lowest BCUT2D eigenvalue weighted by molar-refractivity contribution is 0.668. The second-order valence-corrected chi connectivity index (χ2v) is 10.1. The molecule has 0 unspecified atom stereocenters. The van der Waals surface area contributed by atoms with E-state index in [1.54, 1.807) is 0 Å². The van der Waals surface area contributed by atoms with E-state index in [2.05, 4.69) is 128 Å². The van der Waals surface area contributed by atoms with Crippen molar-refractivity contribution in [3.05, 3.63) is 133 Å². The molecule has 0 amide bonds. The van der Waals surface area contributed by atoms with Crippen LogP contribution in [0.4, 0.5) is 5.69 Å². The van der Waals surface area contributed by atoms with Crippen LogP contribution >= 0.6 is 0 Å². The molecule has 0 aliphatic rings. The predicted molar refractivity (Wildman–Crippen MR) is 170 cm³/mol. The van der Waals surface area contributed by atoms with Crippen molar-refractivity contribution in [3.63, 3.8) is 0 Å². The Hall–Kier alpha value is -5.02. The number of hydrogen-bond acceptors (Lipinski definition) is 3. The van der Waals surface area contributed by atoms with Crippen molar-refractivity contribution in [1.29, 1.82) is 0 Å². The van der Waals surface area contributed by atoms with E-state index in [4.69, 9.17) is 8.83 Å². The van der Waals surface area contributed by atoms with Gasteiger partial charge in [0.1, 0.15) is 22.3 Å². The number of hydrogen-bond donors (Lipinski definition) is 0. The van der Waals surface area contributed by atoms with E-state index in [1.807, 2.05) is 19.1 Å². The zero-order valence-corrected chi connectivity index (χ0v) is 22.8. The molecule has 0 aliphatic carbocycles. The maximum absolute atomic E-state index is 6.59. The minimum Gasteiger partial charge on any atom is -0.456 e. The minimum absolute atomic E-state index is 0.889. The number of allylic oxidation sites excluding steroid dienone is 5. The van der Waals surface area contributed by atoms with Crippen molar-refractivity contribution >= 4 is 65.9 Å². The van der Waals surface area contributed by atoms with E-state index < -0.39 is 0 Å². The van der Waals surface area contributed by atoms with Crippen LogP contribution in [0.3, 0.4) is 0 Å². The number of fused-ring (bicyclic) bond motifs is 7. The normalized spacial score (nSPS) is 13.1. The quantitative estimate of drug-likeness (QED) is 0.212. The molecule has 0 radical (unpaired) electrons. The third kappa shape index (κ3) is 3.82. The predicted octanol–water partition coefficient (Wildman–Crippen LogP) is 11.0. The molecule has 0 atom stereocenters. The second kappa shape index (κ2) is 9.62. The number of furan rings is 2. The number of anilines is 1. The van der Waals surface area contributed by atoms with Gasteiger partial charge in [0.2, 0.25) is 0 Å². The molecule has 0 fully saturated rings. The van der Waals surface area contributed by atoms with Gasteiger partial charge in [-0.2, -0.15) is 0 Å². The third-order valence-corrected chi connectivity index (χ3v) is 7.68. The van der Waals surface area contributed by atoms with Crippen molar-refractivity contribution in [2.75, 3.05) is 4.90 Å². The molecule has 194 valence electrons. The Labute approximate surface area is 232 Å². The molecular weight excluding hydrogens is 490 g/mol. The monoisotopic (exact) mass is 519 g/mol. The van der Waals surface area contributed by atoms with Gasteiger partial charge in [-0.1, -0.05) is 78.9 Å². The van der Waals surface area contributed by atoms with Crippen molar-refractivity contribution in [2.24, 2.45) is 0 Å². The zero-order valence-electron chi connectivity index (χ0n) is 22.8. The average molecular weight is 520 g/mol. The zero-order chi connectivity index (χ0) is 27.2. The van der Waals surface area contributed by atoms with Gasteiger partial charge in [-0.05, 0) is 67.9 Å². The van der Waals surface area contributed by atoms with Crippen LogP contribution in [-0.4, -0.2) is 0 Å². The summed E-state index contributed by atoms with van der Waals surface area (Å²) in [6, 6.07) is 33.9. The van der Waals surface area contributed by atoms with Crippen LogP contribution in [0.5, 0.6) is 0 Å². The summed E-state index contributed by atoms with van der Waals surface area (Å²) in [5.41, 5.74) is 7.93. The Bertz CT molecular complexity index is 2150. The molecule has 0 aliphatic heterocycles. The van der Waals surface area contributed by atoms with Gasteiger partial charge in [-0.3, -0.25) is 0 Å². The molecule has 40 heavy (non-hydrogen) atoms. The van der Waals surface area contributed by atoms with Gasteiger partial charge < -0.3 is 13.7 Å². The molecule has 2 heterocycles. The maximum Gasteiger partial charge on any atom is 0.143 e. The molecule has 0 spiro atoms. The van der Waals surface area contributed by atoms with Crippen LogP contribution in [-0.2, 0) is 0 Å². The molecule has 5 aromatic carbocycles. The first-order chi connectivity index (χ1) is 19.7. The fourth-order valence-corrected chi connectivity index (χ4v) is 5.80. The summed E-state index contributed by atoms with van der Waals surface area (Å²) in [6.45, 7) is 6.28. The van der Waals surface area contributed by atoms with E-state index in [1.165, 1.54) is 10.8 Å². The van der Waals surface area contributed by atoms with Gasteiger partial charge in [-0.25, -0.2) is 0 Å². The summed E-state index contributed by atoms with van der Waals surface area (Å²) < 4.78 is 12.7. The summed E-state index contributed by atoms with van der Waals surface area (Å²) in [6.07, 6.45) is 8.46. The Morgan fingerprint density at radius 3 is 2.17 bits per heavy atom. The fourth-order valence-electron chi connectivity index (χ4n) is 5.80. The first-order valence-corrected chi connectivity index (χ1v) is 13.7. The lowest BCUT2D eigenvalue weighted by Crippen LogP contribution is -2.14. The molecule has 3 nitrogen and oxygen atoms in total. The van der Waals surface area contributed by atoms with Crippen LogP contribution in [0, 0.1) is 0 Å². The highest BCUT2D eigenvalue weighted by atomic mass is 16.3. The summed E-state index contributed by atoms with van der Waals surface area (Å²) >= 11 is 0. The molecule has 0 bridgehead atoms. The Morgan fingerprint density at radius 2 is 1.35 bits per heavy atom. The second-order valence-electron chi connectivity index (χ2n) is 10.1. The van der Waals surface area contributed by atoms with Crippen molar-refractivity contribution in [2.45, 2.75) is 20.8 Å². The van der Waals surface area contributed by atoms with Gasteiger partial charge in [0.05, 0.1) is 0 Å². The summed E-state index contributed by atoms with van der Waals surface area (Å²) in [5.74, 6) is 0. The molecule has 7 aromatic rings. The van der Waals surface area contributed by atoms with Gasteiger partial charge in [-0.15, -0.1) is 0 Å². The highest BCUT2D eigenvalue weighted by Gasteiger charge is 2.18.